The molecule has 2 atom stereocenters. The zero-order valence-electron chi connectivity index (χ0n) is 20.5. The van der Waals surface area contributed by atoms with Crippen LogP contribution >= 0.6 is 0 Å². The monoisotopic (exact) mass is 528 g/mol. The van der Waals surface area contributed by atoms with Gasteiger partial charge in [-0.05, 0) is 39.0 Å². The number of nitrogens with zero attached hydrogens (tertiary/aromatic N) is 4. The van der Waals surface area contributed by atoms with Gasteiger partial charge in [-0.15, -0.1) is 0 Å². The number of amides is 1. The number of nitrogens with two attached hydrogens (primary N) is 1. The van der Waals surface area contributed by atoms with Crippen molar-refractivity contribution in [2.45, 2.75) is 64.0 Å². The summed E-state index contributed by atoms with van der Waals surface area (Å²) >= 11 is 0. The standard InChI is InChI=1S/C23H28F4N6O4/c1-21(2,3)36-20(34)32-8-7-22(35,17(24)11-32)30-14-5-4-6-15-13(14)9-16(33(15)12-23(25,26)27)19-29-18(10-28)37-31-19/h4-6,9,17,30,35H,7-8,10-12,28H2,1-3H3/t17-,22+/m1/s1. The number of fused-ring (bicyclic) bond motifs is 1. The minimum absolute atomic E-state index is 0.000128. The number of halogens is 4. The molecule has 14 heteroatoms. The fraction of sp³-hybridized carbons (Fsp3) is 0.522. The van der Waals surface area contributed by atoms with Crippen LogP contribution in [0.5, 0.6) is 0 Å². The summed E-state index contributed by atoms with van der Waals surface area (Å²) < 4.78 is 66.8. The van der Waals surface area contributed by atoms with Crippen molar-refractivity contribution in [2.75, 3.05) is 18.4 Å². The van der Waals surface area contributed by atoms with Crippen LogP contribution in [0.1, 0.15) is 33.1 Å². The van der Waals surface area contributed by atoms with Crippen molar-refractivity contribution in [3.63, 3.8) is 0 Å². The number of likely N-dealkylation sites (tertiary alicyclic amines) is 1. The van der Waals surface area contributed by atoms with Crippen LogP contribution in [0.3, 0.4) is 0 Å². The molecule has 37 heavy (non-hydrogen) atoms. The Morgan fingerprint density at radius 2 is 2.08 bits per heavy atom. The van der Waals surface area contributed by atoms with E-state index < -0.39 is 42.9 Å². The number of aromatic nitrogens is 3. The molecule has 3 aromatic rings. The molecule has 10 nitrogen and oxygen atoms in total. The summed E-state index contributed by atoms with van der Waals surface area (Å²) in [6, 6.07) is 5.86. The molecule has 4 N–H and O–H groups in total. The molecule has 3 heterocycles. The van der Waals surface area contributed by atoms with Crippen LogP contribution in [0.4, 0.5) is 28.0 Å². The van der Waals surface area contributed by atoms with Gasteiger partial charge in [0.2, 0.25) is 11.7 Å². The Balaban J connectivity index is 1.66. The number of hydrogen-bond acceptors (Lipinski definition) is 8. The highest BCUT2D eigenvalue weighted by Crippen LogP contribution is 2.36. The molecule has 0 bridgehead atoms. The molecule has 202 valence electrons. The van der Waals surface area contributed by atoms with Crippen molar-refractivity contribution in [3.05, 3.63) is 30.2 Å². The van der Waals surface area contributed by atoms with Crippen molar-refractivity contribution in [2.24, 2.45) is 5.73 Å². The number of hydrogen-bond donors (Lipinski definition) is 3. The summed E-state index contributed by atoms with van der Waals surface area (Å²) in [5, 5.41) is 17.9. The molecule has 0 saturated carbocycles. The number of aliphatic hydroxyl groups is 1. The number of rotatable bonds is 5. The van der Waals surface area contributed by atoms with Gasteiger partial charge in [0.05, 0.1) is 24.3 Å². The molecule has 1 amide bonds. The zero-order valence-corrected chi connectivity index (χ0v) is 20.5. The van der Waals surface area contributed by atoms with Crippen molar-refractivity contribution < 1.29 is 36.7 Å². The van der Waals surface area contributed by atoms with Crippen LogP contribution < -0.4 is 11.1 Å². The molecule has 1 aliphatic heterocycles. The number of alkyl halides is 4. The Morgan fingerprint density at radius 3 is 2.68 bits per heavy atom. The Labute approximate surface area is 209 Å². The van der Waals surface area contributed by atoms with E-state index in [0.717, 1.165) is 9.47 Å². The van der Waals surface area contributed by atoms with Crippen molar-refractivity contribution >= 4 is 22.7 Å². The maximum atomic E-state index is 15.2. The largest absolute Gasteiger partial charge is 0.444 e. The minimum Gasteiger partial charge on any atom is -0.444 e. The highest BCUT2D eigenvalue weighted by Gasteiger charge is 2.44. The second-order valence-corrected chi connectivity index (χ2v) is 9.88. The lowest BCUT2D eigenvalue weighted by molar-refractivity contribution is -0.139. The Morgan fingerprint density at radius 1 is 1.35 bits per heavy atom. The Hall–Kier alpha value is -3.39. The Bertz CT molecular complexity index is 1280. The van der Waals surface area contributed by atoms with Crippen molar-refractivity contribution in [1.82, 2.24) is 19.6 Å². The summed E-state index contributed by atoms with van der Waals surface area (Å²) in [6.07, 6.45) is -7.37. The maximum Gasteiger partial charge on any atom is 0.410 e. The first-order valence-corrected chi connectivity index (χ1v) is 11.5. The Kier molecular flexibility index (Phi) is 6.84. The third-order valence-electron chi connectivity index (χ3n) is 5.82. The molecule has 0 radical (unpaired) electrons. The van der Waals surface area contributed by atoms with E-state index in [1.807, 2.05) is 0 Å². The molecule has 1 aromatic carbocycles. The molecule has 1 aliphatic rings. The molecule has 4 rings (SSSR count). The topological polar surface area (TPSA) is 132 Å². The van der Waals surface area contributed by atoms with E-state index in [2.05, 4.69) is 15.5 Å². The van der Waals surface area contributed by atoms with Gasteiger partial charge in [0.25, 0.3) is 0 Å². The van der Waals surface area contributed by atoms with Gasteiger partial charge in [0.15, 0.2) is 11.9 Å². The summed E-state index contributed by atoms with van der Waals surface area (Å²) in [5.74, 6) is -0.0527. The lowest BCUT2D eigenvalue weighted by Crippen LogP contribution is -2.59. The number of benzene rings is 1. The van der Waals surface area contributed by atoms with Gasteiger partial charge in [-0.3, -0.25) is 0 Å². The molecule has 1 fully saturated rings. The first-order chi connectivity index (χ1) is 17.2. The molecule has 2 aromatic heterocycles. The highest BCUT2D eigenvalue weighted by molar-refractivity contribution is 5.96. The molecule has 1 saturated heterocycles. The number of ether oxygens (including phenoxy) is 1. The molecular formula is C23H28F4N6O4. The van der Waals surface area contributed by atoms with Gasteiger partial charge in [0.1, 0.15) is 12.1 Å². The van der Waals surface area contributed by atoms with Crippen LogP contribution in [0.2, 0.25) is 0 Å². The predicted molar refractivity (Wildman–Crippen MR) is 125 cm³/mol. The average molecular weight is 529 g/mol. The maximum absolute atomic E-state index is 15.2. The van der Waals surface area contributed by atoms with Gasteiger partial charge in [0, 0.05) is 24.0 Å². The van der Waals surface area contributed by atoms with E-state index in [4.69, 9.17) is 15.0 Å². The summed E-state index contributed by atoms with van der Waals surface area (Å²) in [5.41, 5.74) is 2.98. The quantitative estimate of drug-likeness (QED) is 0.337. The fourth-order valence-electron chi connectivity index (χ4n) is 4.13. The van der Waals surface area contributed by atoms with Gasteiger partial charge < -0.3 is 34.9 Å². The van der Waals surface area contributed by atoms with E-state index >= 15 is 4.39 Å². The highest BCUT2D eigenvalue weighted by atomic mass is 19.4. The lowest BCUT2D eigenvalue weighted by atomic mass is 9.97. The van der Waals surface area contributed by atoms with Crippen LogP contribution in [-0.4, -0.2) is 67.6 Å². The smallest absolute Gasteiger partial charge is 0.410 e. The fourth-order valence-corrected chi connectivity index (χ4v) is 4.13. The molecule has 0 spiro atoms. The normalized spacial score (nSPS) is 20.9. The third-order valence-corrected chi connectivity index (χ3v) is 5.82. The number of anilines is 1. The molecule has 0 aliphatic carbocycles. The van der Waals surface area contributed by atoms with Gasteiger partial charge in [-0.25, -0.2) is 9.18 Å². The first-order valence-electron chi connectivity index (χ1n) is 11.5. The molecule has 0 unspecified atom stereocenters. The SMILES string of the molecule is CC(C)(C)OC(=O)N1CC[C@@](O)(Nc2cccc3c2cc(-c2noc(CN)n2)n3CC(F)(F)F)[C@H](F)C1. The van der Waals surface area contributed by atoms with Gasteiger partial charge >= 0.3 is 12.3 Å². The van der Waals surface area contributed by atoms with Crippen LogP contribution in [0.25, 0.3) is 22.4 Å². The second kappa shape index (κ2) is 9.49. The van der Waals surface area contributed by atoms with E-state index in [1.165, 1.54) is 24.3 Å². The van der Waals surface area contributed by atoms with E-state index in [9.17, 15) is 23.1 Å². The number of piperidine rings is 1. The third kappa shape index (κ3) is 5.80. The molecular weight excluding hydrogens is 500 g/mol. The second-order valence-electron chi connectivity index (χ2n) is 9.88. The minimum atomic E-state index is -4.57. The summed E-state index contributed by atoms with van der Waals surface area (Å²) in [6.45, 7) is 3.19. The predicted octanol–water partition coefficient (Wildman–Crippen LogP) is 3.79. The van der Waals surface area contributed by atoms with E-state index in [0.29, 0.717) is 0 Å². The van der Waals surface area contributed by atoms with Crippen molar-refractivity contribution in [1.29, 1.82) is 0 Å². The van der Waals surface area contributed by atoms with Gasteiger partial charge in [-0.2, -0.15) is 18.2 Å². The van der Waals surface area contributed by atoms with E-state index in [-0.39, 0.29) is 53.5 Å². The lowest BCUT2D eigenvalue weighted by Gasteiger charge is -2.41. The van der Waals surface area contributed by atoms with Gasteiger partial charge in [-0.1, -0.05) is 11.2 Å². The summed E-state index contributed by atoms with van der Waals surface area (Å²) in [4.78, 5) is 17.5. The average Bonchev–Trinajstić information content (AvgIpc) is 3.39. The van der Waals surface area contributed by atoms with E-state index in [1.54, 1.807) is 20.8 Å². The van der Waals surface area contributed by atoms with Crippen molar-refractivity contribution in [3.8, 4) is 11.5 Å². The number of nitrogens with one attached hydrogen (secondary N) is 1. The van der Waals surface area contributed by atoms with Crippen LogP contribution in [0.15, 0.2) is 28.8 Å². The number of carbonyl (C=O) groups is 1. The first kappa shape index (κ1) is 26.7. The summed E-state index contributed by atoms with van der Waals surface area (Å²) in [7, 11) is 0. The number of carbonyl (C=O) groups excluding carboxylic acids is 1. The zero-order chi connectivity index (χ0) is 27.2. The van der Waals surface area contributed by atoms with Crippen LogP contribution in [-0.2, 0) is 17.8 Å². The van der Waals surface area contributed by atoms with Crippen LogP contribution in [0, 0.1) is 0 Å².